The number of carboxylic acids is 1. The molecule has 3 rings (SSSR count). The Balaban J connectivity index is 2.27. The number of hydrogen-bond acceptors (Lipinski definition) is 4. The zero-order chi connectivity index (χ0) is 16.1. The number of halogens is 2. The van der Waals surface area contributed by atoms with Gasteiger partial charge in [-0.2, -0.15) is 0 Å². The number of fused-ring (bicyclic) bond motifs is 2. The molecule has 1 heterocycles. The molecule has 0 atom stereocenters. The van der Waals surface area contributed by atoms with Crippen molar-refractivity contribution in [2.45, 2.75) is 10.6 Å². The standard InChI is InChI=1S/C14H8Cl2O5S/c15-8-1-2-11-7(3-8)6-22(19,20)13-4-9(14(17)18)10(16)5-12(13)21-11/h1-5H,6H2,(H,17,18). The lowest BCUT2D eigenvalue weighted by molar-refractivity contribution is 0.0697. The van der Waals surface area contributed by atoms with E-state index in [0.29, 0.717) is 16.3 Å². The average molecular weight is 359 g/mol. The number of ether oxygens (including phenoxy) is 1. The number of rotatable bonds is 1. The maximum absolute atomic E-state index is 12.5. The lowest BCUT2D eigenvalue weighted by Gasteiger charge is -2.10. The van der Waals surface area contributed by atoms with Crippen LogP contribution in [0.1, 0.15) is 15.9 Å². The van der Waals surface area contributed by atoms with Gasteiger partial charge < -0.3 is 9.84 Å². The van der Waals surface area contributed by atoms with Crippen LogP contribution in [0, 0.1) is 0 Å². The molecule has 5 nitrogen and oxygen atoms in total. The molecule has 2 aromatic rings. The topological polar surface area (TPSA) is 80.7 Å². The summed E-state index contributed by atoms with van der Waals surface area (Å²) in [5.41, 5.74) is 0.105. The third-order valence-corrected chi connectivity index (χ3v) is 5.41. The number of carboxylic acid groups (broad SMARTS) is 1. The van der Waals surface area contributed by atoms with Crippen LogP contribution in [0.15, 0.2) is 35.2 Å². The van der Waals surface area contributed by atoms with Gasteiger partial charge >= 0.3 is 5.97 Å². The predicted molar refractivity (Wildman–Crippen MR) is 80.8 cm³/mol. The van der Waals surface area contributed by atoms with Gasteiger partial charge in [-0.1, -0.05) is 23.2 Å². The molecule has 0 bridgehead atoms. The van der Waals surface area contributed by atoms with Crippen LogP contribution in [0.2, 0.25) is 10.0 Å². The van der Waals surface area contributed by atoms with E-state index in [9.17, 15) is 13.2 Å². The van der Waals surface area contributed by atoms with Crippen LogP contribution in [0.5, 0.6) is 11.5 Å². The van der Waals surface area contributed by atoms with E-state index in [1.807, 2.05) is 0 Å². The summed E-state index contributed by atoms with van der Waals surface area (Å²) in [7, 11) is -3.79. The van der Waals surface area contributed by atoms with Gasteiger partial charge in [0.1, 0.15) is 16.4 Å². The monoisotopic (exact) mass is 358 g/mol. The Kier molecular flexibility index (Phi) is 3.55. The van der Waals surface area contributed by atoms with Gasteiger partial charge in [-0.25, -0.2) is 13.2 Å². The van der Waals surface area contributed by atoms with Crippen molar-refractivity contribution < 1.29 is 23.1 Å². The summed E-state index contributed by atoms with van der Waals surface area (Å²) in [6.07, 6.45) is 0. The van der Waals surface area contributed by atoms with E-state index in [-0.39, 0.29) is 27.0 Å². The predicted octanol–water partition coefficient (Wildman–Crippen LogP) is 3.77. The summed E-state index contributed by atoms with van der Waals surface area (Å²) >= 11 is 11.8. The zero-order valence-electron chi connectivity index (χ0n) is 10.8. The first kappa shape index (κ1) is 15.1. The second-order valence-corrected chi connectivity index (χ2v) is 7.50. The highest BCUT2D eigenvalue weighted by molar-refractivity contribution is 7.90. The van der Waals surface area contributed by atoms with Crippen molar-refractivity contribution in [1.82, 2.24) is 0 Å². The van der Waals surface area contributed by atoms with Crippen LogP contribution >= 0.6 is 23.2 Å². The Bertz CT molecular complexity index is 906. The van der Waals surface area contributed by atoms with Crippen molar-refractivity contribution in [3.8, 4) is 11.5 Å². The summed E-state index contributed by atoms with van der Waals surface area (Å²) in [5.74, 6) is -1.31. The molecule has 1 aliphatic rings. The Morgan fingerprint density at radius 3 is 2.55 bits per heavy atom. The van der Waals surface area contributed by atoms with Crippen molar-refractivity contribution in [3.05, 3.63) is 51.5 Å². The van der Waals surface area contributed by atoms with Crippen LogP contribution in [0.3, 0.4) is 0 Å². The number of carbonyl (C=O) groups is 1. The first-order chi connectivity index (χ1) is 10.3. The van der Waals surface area contributed by atoms with Gasteiger partial charge in [0.15, 0.2) is 9.84 Å². The van der Waals surface area contributed by atoms with Gasteiger partial charge in [0.25, 0.3) is 0 Å². The molecule has 0 saturated heterocycles. The van der Waals surface area contributed by atoms with Crippen molar-refractivity contribution in [1.29, 1.82) is 0 Å². The van der Waals surface area contributed by atoms with Crippen molar-refractivity contribution in [2.75, 3.05) is 0 Å². The summed E-state index contributed by atoms with van der Waals surface area (Å²) in [4.78, 5) is 10.9. The van der Waals surface area contributed by atoms with Gasteiger partial charge in [0, 0.05) is 16.7 Å². The average Bonchev–Trinajstić information content (AvgIpc) is 2.50. The fourth-order valence-corrected chi connectivity index (χ4v) is 4.11. The first-order valence-electron chi connectivity index (χ1n) is 6.04. The van der Waals surface area contributed by atoms with Crippen LogP contribution in [-0.2, 0) is 15.6 Å². The summed E-state index contributed by atoms with van der Waals surface area (Å²) in [6.45, 7) is 0. The molecule has 0 saturated carbocycles. The second kappa shape index (κ2) is 5.15. The van der Waals surface area contributed by atoms with E-state index in [1.54, 1.807) is 12.1 Å². The van der Waals surface area contributed by atoms with Crippen molar-refractivity contribution in [2.24, 2.45) is 0 Å². The largest absolute Gasteiger partial charge is 0.478 e. The highest BCUT2D eigenvalue weighted by Crippen LogP contribution is 2.40. The Labute approximate surface area is 136 Å². The normalized spacial score (nSPS) is 15.2. The molecule has 0 fully saturated rings. The Hall–Kier alpha value is -1.76. The van der Waals surface area contributed by atoms with E-state index in [4.69, 9.17) is 33.0 Å². The maximum Gasteiger partial charge on any atom is 0.337 e. The molecule has 0 amide bonds. The van der Waals surface area contributed by atoms with Crippen LogP contribution in [-0.4, -0.2) is 19.5 Å². The highest BCUT2D eigenvalue weighted by atomic mass is 35.5. The second-order valence-electron chi connectivity index (χ2n) is 4.70. The van der Waals surface area contributed by atoms with Crippen LogP contribution in [0.25, 0.3) is 0 Å². The number of sulfone groups is 1. The number of hydrogen-bond donors (Lipinski definition) is 1. The molecule has 1 aliphatic heterocycles. The summed E-state index contributed by atoms with van der Waals surface area (Å²) in [5, 5.41) is 9.36. The van der Waals surface area contributed by atoms with Gasteiger partial charge in [0.05, 0.1) is 16.3 Å². The molecule has 0 aliphatic carbocycles. The Morgan fingerprint density at radius 1 is 1.14 bits per heavy atom. The van der Waals surface area contributed by atoms with Gasteiger partial charge in [-0.3, -0.25) is 0 Å². The lowest BCUT2D eigenvalue weighted by Crippen LogP contribution is -2.06. The van der Waals surface area contributed by atoms with E-state index >= 15 is 0 Å². The Morgan fingerprint density at radius 2 is 1.86 bits per heavy atom. The fraction of sp³-hybridized carbons (Fsp3) is 0.0714. The minimum absolute atomic E-state index is 0.00364. The minimum atomic E-state index is -3.79. The third-order valence-electron chi connectivity index (χ3n) is 3.19. The molecule has 2 aromatic carbocycles. The molecular formula is C14H8Cl2O5S. The first-order valence-corrected chi connectivity index (χ1v) is 8.44. The molecule has 114 valence electrons. The lowest BCUT2D eigenvalue weighted by atomic mass is 10.2. The third kappa shape index (κ3) is 2.54. The van der Waals surface area contributed by atoms with E-state index < -0.39 is 15.8 Å². The smallest absolute Gasteiger partial charge is 0.337 e. The van der Waals surface area contributed by atoms with Gasteiger partial charge in [-0.15, -0.1) is 0 Å². The molecular weight excluding hydrogens is 351 g/mol. The van der Waals surface area contributed by atoms with E-state index in [2.05, 4.69) is 0 Å². The quantitative estimate of drug-likeness (QED) is 0.838. The fourth-order valence-electron chi connectivity index (χ4n) is 2.18. The van der Waals surface area contributed by atoms with Crippen molar-refractivity contribution in [3.63, 3.8) is 0 Å². The molecule has 0 radical (unpaired) electrons. The number of benzene rings is 2. The summed E-state index contributed by atoms with van der Waals surface area (Å²) < 4.78 is 30.6. The molecule has 0 unspecified atom stereocenters. The highest BCUT2D eigenvalue weighted by Gasteiger charge is 2.29. The molecule has 0 spiro atoms. The summed E-state index contributed by atoms with van der Waals surface area (Å²) in [6, 6.07) is 6.84. The molecule has 1 N–H and O–H groups in total. The zero-order valence-corrected chi connectivity index (χ0v) is 13.2. The molecule has 22 heavy (non-hydrogen) atoms. The molecule has 0 aromatic heterocycles. The van der Waals surface area contributed by atoms with Crippen LogP contribution in [0.4, 0.5) is 0 Å². The van der Waals surface area contributed by atoms with Crippen molar-refractivity contribution >= 4 is 39.0 Å². The van der Waals surface area contributed by atoms with Gasteiger partial charge in [0.2, 0.25) is 0 Å². The van der Waals surface area contributed by atoms with E-state index in [0.717, 1.165) is 6.07 Å². The minimum Gasteiger partial charge on any atom is -0.478 e. The van der Waals surface area contributed by atoms with Crippen LogP contribution < -0.4 is 4.74 Å². The number of aromatic carboxylic acids is 1. The molecule has 8 heteroatoms. The van der Waals surface area contributed by atoms with Gasteiger partial charge in [-0.05, 0) is 24.3 Å². The SMILES string of the molecule is O=C(O)c1cc2c(cc1Cl)Oc1ccc(Cl)cc1CS2(=O)=O. The maximum atomic E-state index is 12.5. The van der Waals surface area contributed by atoms with E-state index in [1.165, 1.54) is 12.1 Å².